The molecule has 0 aliphatic carbocycles. The number of sulfonamides is 1. The molecule has 0 bridgehead atoms. The zero-order chi connectivity index (χ0) is 20.7. The lowest BCUT2D eigenvalue weighted by molar-refractivity contribution is -0.113. The first-order valence-electron chi connectivity index (χ1n) is 7.98. The monoisotopic (exact) mass is 423 g/mol. The molecule has 28 heavy (non-hydrogen) atoms. The number of aromatic nitrogens is 1. The van der Waals surface area contributed by atoms with Gasteiger partial charge in [-0.3, -0.25) is 9.10 Å². The summed E-state index contributed by atoms with van der Waals surface area (Å²) in [6.07, 6.45) is 0.809. The summed E-state index contributed by atoms with van der Waals surface area (Å²) in [5.74, 6) is -1.07. The number of carbonyl (C=O) groups excluding carboxylic acids is 1. The highest BCUT2D eigenvalue weighted by Gasteiger charge is 2.40. The van der Waals surface area contributed by atoms with Gasteiger partial charge in [0, 0.05) is 18.3 Å². The molecule has 1 aromatic heterocycles. The van der Waals surface area contributed by atoms with Gasteiger partial charge in [-0.1, -0.05) is 18.2 Å². The van der Waals surface area contributed by atoms with Crippen LogP contribution in [0.25, 0.3) is 5.76 Å². The van der Waals surface area contributed by atoms with Gasteiger partial charge in [-0.15, -0.1) is 0 Å². The van der Waals surface area contributed by atoms with E-state index in [1.165, 1.54) is 30.3 Å². The maximum atomic E-state index is 12.9. The summed E-state index contributed by atoms with van der Waals surface area (Å²) in [6.45, 7) is 1.72. The lowest BCUT2D eigenvalue weighted by Gasteiger charge is -2.29. The largest absolute Gasteiger partial charge is 0.379 e. The van der Waals surface area contributed by atoms with E-state index in [2.05, 4.69) is 10.3 Å². The Kier molecular flexibility index (Phi) is 4.90. The second-order valence-corrected chi connectivity index (χ2v) is 9.56. The minimum atomic E-state index is -4.08. The molecule has 1 N–H and O–H groups in total. The number of hydrogen-bond donors (Lipinski definition) is 1. The summed E-state index contributed by atoms with van der Waals surface area (Å²) < 4.78 is 54.9. The molecule has 2 heterocycles. The standard InChI is InChI=1S/C17H17N3O6S2/c1-11-7-6-10-14(18-11)19-17(21)15-16(26-27(3,22)23)12-8-4-5-9-13(12)28(24,25)20(15)2/h4-10H,1-3H3,(H,18,19,21). The Morgan fingerprint density at radius 3 is 2.46 bits per heavy atom. The molecular formula is C17H17N3O6S2. The van der Waals surface area contributed by atoms with Gasteiger partial charge in [0.2, 0.25) is 0 Å². The van der Waals surface area contributed by atoms with Crippen molar-refractivity contribution >= 4 is 37.6 Å². The molecule has 9 nitrogen and oxygen atoms in total. The van der Waals surface area contributed by atoms with Crippen molar-refractivity contribution in [1.29, 1.82) is 0 Å². The van der Waals surface area contributed by atoms with E-state index in [-0.39, 0.29) is 22.0 Å². The zero-order valence-electron chi connectivity index (χ0n) is 15.2. The smallest absolute Gasteiger partial charge is 0.306 e. The molecule has 11 heteroatoms. The van der Waals surface area contributed by atoms with Gasteiger partial charge in [0.15, 0.2) is 11.5 Å². The molecule has 0 saturated heterocycles. The topological polar surface area (TPSA) is 123 Å². The predicted molar refractivity (Wildman–Crippen MR) is 102 cm³/mol. The van der Waals surface area contributed by atoms with Crippen LogP contribution in [0.2, 0.25) is 0 Å². The second kappa shape index (κ2) is 6.91. The molecule has 0 atom stereocenters. The molecular weight excluding hydrogens is 406 g/mol. The Morgan fingerprint density at radius 2 is 1.82 bits per heavy atom. The highest BCUT2D eigenvalue weighted by atomic mass is 32.2. The normalized spacial score (nSPS) is 15.8. The molecule has 1 aliphatic heterocycles. The quantitative estimate of drug-likeness (QED) is 0.736. The number of likely N-dealkylation sites (N-methyl/N-ethyl adjacent to an activating group) is 1. The van der Waals surface area contributed by atoms with Gasteiger partial charge in [0.25, 0.3) is 15.9 Å². The van der Waals surface area contributed by atoms with Crippen molar-refractivity contribution in [3.8, 4) is 0 Å². The van der Waals surface area contributed by atoms with Gasteiger partial charge in [-0.05, 0) is 31.2 Å². The highest BCUT2D eigenvalue weighted by molar-refractivity contribution is 7.89. The first kappa shape index (κ1) is 19.8. The summed E-state index contributed by atoms with van der Waals surface area (Å²) >= 11 is 0. The van der Waals surface area contributed by atoms with Crippen LogP contribution in [-0.2, 0) is 29.1 Å². The summed E-state index contributed by atoms with van der Waals surface area (Å²) in [4.78, 5) is 16.9. The summed E-state index contributed by atoms with van der Waals surface area (Å²) in [5, 5.41) is 2.48. The van der Waals surface area contributed by atoms with E-state index < -0.39 is 31.7 Å². The Labute approximate surface area is 162 Å². The maximum Gasteiger partial charge on any atom is 0.306 e. The van der Waals surface area contributed by atoms with E-state index in [1.807, 2.05) is 0 Å². The molecule has 3 rings (SSSR count). The van der Waals surface area contributed by atoms with Crippen LogP contribution >= 0.6 is 0 Å². The van der Waals surface area contributed by atoms with Crippen LogP contribution in [0.5, 0.6) is 0 Å². The molecule has 0 radical (unpaired) electrons. The summed E-state index contributed by atoms with van der Waals surface area (Å²) in [5.41, 5.74) is 0.148. The fourth-order valence-corrected chi connectivity index (χ4v) is 4.55. The Morgan fingerprint density at radius 1 is 1.14 bits per heavy atom. The highest BCUT2D eigenvalue weighted by Crippen LogP contribution is 2.37. The minimum Gasteiger partial charge on any atom is -0.379 e. The van der Waals surface area contributed by atoms with E-state index in [0.29, 0.717) is 10.00 Å². The number of rotatable bonds is 4. The van der Waals surface area contributed by atoms with E-state index in [9.17, 15) is 21.6 Å². The van der Waals surface area contributed by atoms with E-state index in [1.54, 1.807) is 19.1 Å². The average molecular weight is 423 g/mol. The van der Waals surface area contributed by atoms with Crippen molar-refractivity contribution in [3.05, 3.63) is 59.4 Å². The number of amides is 1. The Hall–Kier alpha value is -2.92. The van der Waals surface area contributed by atoms with Crippen molar-refractivity contribution < 1.29 is 25.8 Å². The molecule has 148 valence electrons. The van der Waals surface area contributed by atoms with Crippen LogP contribution in [0.1, 0.15) is 11.3 Å². The van der Waals surface area contributed by atoms with Gasteiger partial charge in [0.05, 0.1) is 11.2 Å². The van der Waals surface area contributed by atoms with Gasteiger partial charge in [-0.25, -0.2) is 13.4 Å². The van der Waals surface area contributed by atoms with E-state index in [0.717, 1.165) is 13.3 Å². The lowest BCUT2D eigenvalue weighted by Crippen LogP contribution is -2.38. The molecule has 2 aromatic rings. The Balaban J connectivity index is 2.21. The molecule has 0 fully saturated rings. The van der Waals surface area contributed by atoms with Crippen LogP contribution < -0.4 is 5.32 Å². The van der Waals surface area contributed by atoms with Crippen LogP contribution in [-0.4, -0.2) is 45.3 Å². The number of nitrogens with zero attached hydrogens (tertiary/aromatic N) is 2. The number of carbonyl (C=O) groups is 1. The summed E-state index contributed by atoms with van der Waals surface area (Å²) in [6, 6.07) is 10.6. The SMILES string of the molecule is Cc1cccc(NC(=O)C2=C(OS(C)(=O)=O)c3ccccc3S(=O)(=O)N2C)n1. The number of fused-ring (bicyclic) bond motifs is 1. The minimum absolute atomic E-state index is 0.0200. The number of pyridine rings is 1. The molecule has 0 unspecified atom stereocenters. The molecule has 1 aliphatic rings. The van der Waals surface area contributed by atoms with E-state index in [4.69, 9.17) is 4.18 Å². The van der Waals surface area contributed by atoms with Crippen LogP contribution in [0.3, 0.4) is 0 Å². The van der Waals surface area contributed by atoms with Crippen LogP contribution in [0.4, 0.5) is 5.82 Å². The van der Waals surface area contributed by atoms with Gasteiger partial charge in [0.1, 0.15) is 5.82 Å². The fourth-order valence-electron chi connectivity index (χ4n) is 2.69. The maximum absolute atomic E-state index is 12.9. The number of aryl methyl sites for hydroxylation is 1. The predicted octanol–water partition coefficient (Wildman–Crippen LogP) is 1.31. The van der Waals surface area contributed by atoms with Crippen LogP contribution in [0, 0.1) is 6.92 Å². The number of hydrogen-bond acceptors (Lipinski definition) is 7. The molecule has 0 spiro atoms. The van der Waals surface area contributed by atoms with Gasteiger partial charge >= 0.3 is 10.1 Å². The van der Waals surface area contributed by atoms with Crippen molar-refractivity contribution in [2.24, 2.45) is 0 Å². The first-order chi connectivity index (χ1) is 13.0. The van der Waals surface area contributed by atoms with Crippen LogP contribution in [0.15, 0.2) is 53.1 Å². The average Bonchev–Trinajstić information content (AvgIpc) is 2.59. The van der Waals surface area contributed by atoms with Crippen molar-refractivity contribution in [2.75, 3.05) is 18.6 Å². The number of benzene rings is 1. The number of anilines is 1. The molecule has 0 saturated carbocycles. The van der Waals surface area contributed by atoms with Crippen molar-refractivity contribution in [1.82, 2.24) is 9.29 Å². The fraction of sp³-hybridized carbons (Fsp3) is 0.176. The Bertz CT molecular complexity index is 1200. The van der Waals surface area contributed by atoms with Gasteiger partial charge < -0.3 is 9.50 Å². The summed E-state index contributed by atoms with van der Waals surface area (Å²) in [7, 11) is -6.98. The third-order valence-electron chi connectivity index (χ3n) is 3.88. The second-order valence-electron chi connectivity index (χ2n) is 6.05. The number of nitrogens with one attached hydrogen (secondary N) is 1. The third kappa shape index (κ3) is 3.71. The third-order valence-corrected chi connectivity index (χ3v) is 6.16. The zero-order valence-corrected chi connectivity index (χ0v) is 16.8. The lowest BCUT2D eigenvalue weighted by atomic mass is 10.1. The van der Waals surface area contributed by atoms with Crippen molar-refractivity contribution in [3.63, 3.8) is 0 Å². The first-order valence-corrected chi connectivity index (χ1v) is 11.2. The molecule has 1 amide bonds. The van der Waals surface area contributed by atoms with E-state index >= 15 is 0 Å². The van der Waals surface area contributed by atoms with Crippen molar-refractivity contribution in [2.45, 2.75) is 11.8 Å². The molecule has 1 aromatic carbocycles. The van der Waals surface area contributed by atoms with Gasteiger partial charge in [-0.2, -0.15) is 8.42 Å².